The van der Waals surface area contributed by atoms with Crippen LogP contribution in [-0.4, -0.2) is 79.6 Å². The predicted octanol–water partition coefficient (Wildman–Crippen LogP) is 1.96. The van der Waals surface area contributed by atoms with Crippen molar-refractivity contribution >= 4 is 27.4 Å². The van der Waals surface area contributed by atoms with Crippen molar-refractivity contribution in [2.75, 3.05) is 49.7 Å². The molecule has 1 atom stereocenters. The van der Waals surface area contributed by atoms with Gasteiger partial charge in [0.2, 0.25) is 0 Å². The Morgan fingerprint density at radius 1 is 1.18 bits per heavy atom. The number of morpholine rings is 1. The topological polar surface area (TPSA) is 139 Å². The van der Waals surface area contributed by atoms with Gasteiger partial charge < -0.3 is 25.4 Å². The number of sulfone groups is 1. The summed E-state index contributed by atoms with van der Waals surface area (Å²) in [6, 6.07) is 8.92. The average Bonchev–Trinajstić information content (AvgIpc) is 2.79. The number of anilines is 2. The van der Waals surface area contributed by atoms with Gasteiger partial charge in [0.05, 0.1) is 24.9 Å². The number of piperidine rings is 1. The molecule has 3 N–H and O–H groups in total. The molecule has 1 amide bonds. The Morgan fingerprint density at radius 2 is 1.85 bits per heavy atom. The highest BCUT2D eigenvalue weighted by Gasteiger charge is 2.47. The van der Waals surface area contributed by atoms with E-state index in [1.165, 1.54) is 11.2 Å². The molecule has 33 heavy (non-hydrogen) atoms. The number of hydrogen-bond acceptors (Lipinski definition) is 8. The van der Waals surface area contributed by atoms with E-state index in [9.17, 15) is 18.3 Å². The molecule has 0 unspecified atom stereocenters. The number of ether oxygens (including phenoxy) is 1. The van der Waals surface area contributed by atoms with Crippen LogP contribution in [-0.2, 0) is 19.3 Å². The van der Waals surface area contributed by atoms with Gasteiger partial charge in [-0.05, 0) is 44.0 Å². The Bertz CT molecular complexity index is 1130. The van der Waals surface area contributed by atoms with Gasteiger partial charge in [-0.3, -0.25) is 0 Å². The molecule has 1 aromatic carbocycles. The van der Waals surface area contributed by atoms with Crippen molar-refractivity contribution < 1.29 is 23.1 Å². The summed E-state index contributed by atoms with van der Waals surface area (Å²) >= 11 is 0. The molecule has 2 aliphatic heterocycles. The Morgan fingerprint density at radius 3 is 2.42 bits per heavy atom. The van der Waals surface area contributed by atoms with Crippen molar-refractivity contribution in [2.45, 2.75) is 30.6 Å². The number of hydrogen-bond donors (Lipinski definition) is 2. The molecule has 0 aliphatic carbocycles. The molecule has 4 rings (SSSR count). The van der Waals surface area contributed by atoms with E-state index in [-0.39, 0.29) is 32.0 Å². The van der Waals surface area contributed by atoms with Gasteiger partial charge in [-0.25, -0.2) is 23.2 Å². The van der Waals surface area contributed by atoms with Crippen LogP contribution in [0, 0.1) is 0 Å². The van der Waals surface area contributed by atoms with Crippen LogP contribution < -0.4 is 10.6 Å². The summed E-state index contributed by atoms with van der Waals surface area (Å²) in [5.41, 5.74) is 7.56. The number of carbonyl (C=O) groups is 1. The second-order valence-electron chi connectivity index (χ2n) is 8.71. The number of nitrogens with two attached hydrogens (primary N) is 1. The standard InChI is InChI=1S/C22H29N5O5S/c1-15-14-32-12-11-27(15)19-13-18(24-20(25-19)16-3-5-17(23)6-4-16)22(33(2,30)31)7-9-26(10-8-22)21(28)29/h3-6,13,15H,7-12,14,23H2,1-2H3,(H,28,29)/t15-/m0/s1. The quantitative estimate of drug-likeness (QED) is 0.635. The second-order valence-corrected chi connectivity index (χ2v) is 11.0. The summed E-state index contributed by atoms with van der Waals surface area (Å²) in [6.45, 7) is 3.98. The monoisotopic (exact) mass is 475 g/mol. The van der Waals surface area contributed by atoms with Crippen LogP contribution in [0.1, 0.15) is 25.5 Å². The zero-order valence-electron chi connectivity index (χ0n) is 18.8. The van der Waals surface area contributed by atoms with Crippen molar-refractivity contribution in [2.24, 2.45) is 0 Å². The van der Waals surface area contributed by atoms with Crippen molar-refractivity contribution in [1.82, 2.24) is 14.9 Å². The average molecular weight is 476 g/mol. The molecule has 10 nitrogen and oxygen atoms in total. The van der Waals surface area contributed by atoms with Crippen molar-refractivity contribution in [3.8, 4) is 11.4 Å². The maximum atomic E-state index is 13.2. The number of carboxylic acid groups (broad SMARTS) is 1. The minimum Gasteiger partial charge on any atom is -0.465 e. The van der Waals surface area contributed by atoms with E-state index in [0.717, 1.165) is 5.56 Å². The van der Waals surface area contributed by atoms with Gasteiger partial charge in [0.15, 0.2) is 15.7 Å². The van der Waals surface area contributed by atoms with Gasteiger partial charge >= 0.3 is 6.09 Å². The van der Waals surface area contributed by atoms with Crippen LogP contribution in [0.15, 0.2) is 30.3 Å². The third-order valence-corrected chi connectivity index (χ3v) is 8.60. The summed E-state index contributed by atoms with van der Waals surface area (Å²) in [5, 5.41) is 9.36. The Balaban J connectivity index is 1.86. The third-order valence-electron chi connectivity index (χ3n) is 6.56. The van der Waals surface area contributed by atoms with Gasteiger partial charge in [-0.15, -0.1) is 0 Å². The molecule has 11 heteroatoms. The zero-order chi connectivity index (χ0) is 23.8. The van der Waals surface area contributed by atoms with Crippen molar-refractivity contribution in [3.05, 3.63) is 36.0 Å². The lowest BCUT2D eigenvalue weighted by Crippen LogP contribution is -2.49. The minimum absolute atomic E-state index is 0.0591. The van der Waals surface area contributed by atoms with Crippen LogP contribution in [0.2, 0.25) is 0 Å². The fourth-order valence-electron chi connectivity index (χ4n) is 4.52. The normalized spacial score (nSPS) is 21.1. The molecule has 1 aromatic heterocycles. The van der Waals surface area contributed by atoms with Gasteiger partial charge in [-0.2, -0.15) is 0 Å². The summed E-state index contributed by atoms with van der Waals surface area (Å²) in [4.78, 5) is 24.3. The SMILES string of the molecule is C[C@H]1COCCN1c1cc(C2(S(C)(=O)=O)CCN(C(=O)O)CC2)nc(-c2ccc(N)cc2)n1. The molecular weight excluding hydrogens is 446 g/mol. The van der Waals surface area contributed by atoms with E-state index < -0.39 is 20.7 Å². The van der Waals surface area contributed by atoms with E-state index in [1.54, 1.807) is 30.3 Å². The largest absolute Gasteiger partial charge is 0.465 e. The fourth-order valence-corrected chi connectivity index (χ4v) is 5.93. The smallest absolute Gasteiger partial charge is 0.407 e. The molecule has 0 radical (unpaired) electrons. The third kappa shape index (κ3) is 4.47. The number of nitrogens with zero attached hydrogens (tertiary/aromatic N) is 4. The first-order valence-corrected chi connectivity index (χ1v) is 12.8. The van der Waals surface area contributed by atoms with Crippen molar-refractivity contribution in [3.63, 3.8) is 0 Å². The number of nitrogen functional groups attached to an aromatic ring is 1. The van der Waals surface area contributed by atoms with Crippen molar-refractivity contribution in [1.29, 1.82) is 0 Å². The second kappa shape index (κ2) is 8.79. The number of amides is 1. The first-order chi connectivity index (χ1) is 15.6. The first kappa shape index (κ1) is 23.2. The fraction of sp³-hybridized carbons (Fsp3) is 0.500. The van der Waals surface area contributed by atoms with Gasteiger partial charge in [0.25, 0.3) is 0 Å². The first-order valence-electron chi connectivity index (χ1n) is 10.9. The zero-order valence-corrected chi connectivity index (χ0v) is 19.6. The molecule has 0 saturated carbocycles. The molecule has 2 aromatic rings. The summed E-state index contributed by atoms with van der Waals surface area (Å²) in [6.07, 6.45) is 0.416. The van der Waals surface area contributed by atoms with Crippen LogP contribution in [0.25, 0.3) is 11.4 Å². The Hall–Kier alpha value is -2.92. The van der Waals surface area contributed by atoms with E-state index in [0.29, 0.717) is 42.8 Å². The van der Waals surface area contributed by atoms with E-state index in [4.69, 9.17) is 20.4 Å². The van der Waals surface area contributed by atoms with Gasteiger partial charge in [-0.1, -0.05) is 0 Å². The highest BCUT2D eigenvalue weighted by molar-refractivity contribution is 7.91. The molecule has 2 saturated heterocycles. The summed E-state index contributed by atoms with van der Waals surface area (Å²) < 4.78 is 30.6. The van der Waals surface area contributed by atoms with Crippen LogP contribution in [0.4, 0.5) is 16.3 Å². The van der Waals surface area contributed by atoms with E-state index in [2.05, 4.69) is 4.90 Å². The molecule has 2 fully saturated rings. The van der Waals surface area contributed by atoms with Gasteiger partial charge in [0.1, 0.15) is 10.6 Å². The Labute approximate surface area is 193 Å². The Kier molecular flexibility index (Phi) is 6.19. The molecule has 2 aliphatic rings. The highest BCUT2D eigenvalue weighted by atomic mass is 32.2. The molecule has 0 bridgehead atoms. The predicted molar refractivity (Wildman–Crippen MR) is 125 cm³/mol. The van der Waals surface area contributed by atoms with Crippen LogP contribution in [0.5, 0.6) is 0 Å². The molecule has 3 heterocycles. The number of aromatic nitrogens is 2. The van der Waals surface area contributed by atoms with E-state index in [1.807, 2.05) is 6.92 Å². The van der Waals surface area contributed by atoms with Crippen LogP contribution in [0.3, 0.4) is 0 Å². The number of rotatable bonds is 4. The maximum absolute atomic E-state index is 13.2. The molecule has 178 valence electrons. The highest BCUT2D eigenvalue weighted by Crippen LogP contribution is 2.41. The van der Waals surface area contributed by atoms with Gasteiger partial charge in [0, 0.05) is 43.2 Å². The lowest BCUT2D eigenvalue weighted by molar-refractivity contribution is 0.0985. The van der Waals surface area contributed by atoms with E-state index >= 15 is 0 Å². The summed E-state index contributed by atoms with van der Waals surface area (Å²) in [5.74, 6) is 1.04. The molecular formula is C22H29N5O5S. The lowest BCUT2D eigenvalue weighted by atomic mass is 9.91. The number of benzene rings is 1. The number of likely N-dealkylation sites (tertiary alicyclic amines) is 1. The lowest BCUT2D eigenvalue weighted by Gasteiger charge is -2.40. The van der Waals surface area contributed by atoms with Crippen LogP contribution >= 0.6 is 0 Å². The minimum atomic E-state index is -3.63. The molecule has 0 spiro atoms. The summed E-state index contributed by atoms with van der Waals surface area (Å²) in [7, 11) is -3.63. The maximum Gasteiger partial charge on any atom is 0.407 e.